The molecule has 0 radical (unpaired) electrons. The minimum absolute atomic E-state index is 0.254. The number of esters is 1. The first-order valence-corrected chi connectivity index (χ1v) is 7.67. The number of fused-ring (bicyclic) bond motifs is 1. The Bertz CT molecular complexity index is 797. The summed E-state index contributed by atoms with van der Waals surface area (Å²) in [6.45, 7) is 8.68. The summed E-state index contributed by atoms with van der Waals surface area (Å²) in [5, 5.41) is 3.38. The summed E-state index contributed by atoms with van der Waals surface area (Å²) < 4.78 is 18.5. The first kappa shape index (κ1) is 17.8. The molecule has 0 spiro atoms. The first-order chi connectivity index (χ1) is 11.1. The van der Waals surface area contributed by atoms with Gasteiger partial charge in [-0.2, -0.15) is 0 Å². The van der Waals surface area contributed by atoms with E-state index in [4.69, 9.17) is 4.74 Å². The first-order valence-electron chi connectivity index (χ1n) is 7.67. The number of amides is 1. The Hall–Kier alpha value is -2.50. The molecule has 5 nitrogen and oxygen atoms in total. The molecule has 1 heterocycles. The molecule has 1 amide bonds. The Labute approximate surface area is 140 Å². The molecule has 0 aliphatic rings. The van der Waals surface area contributed by atoms with E-state index in [2.05, 4.69) is 10.3 Å². The largest absolute Gasteiger partial charge is 0.449 e. The van der Waals surface area contributed by atoms with Gasteiger partial charge < -0.3 is 10.1 Å². The van der Waals surface area contributed by atoms with Gasteiger partial charge in [0.2, 0.25) is 0 Å². The van der Waals surface area contributed by atoms with E-state index in [1.165, 1.54) is 19.1 Å². The van der Waals surface area contributed by atoms with Crippen LogP contribution in [0, 0.1) is 12.7 Å². The standard InChI is InChI=1S/C18H21FN2O3/c1-10-14(8-12-6-7-13(19)9-15(12)20-10)17(23)24-11(2)16(22)21-18(3,4)5/h6-9,11H,1-5H3,(H,21,22)/t11-/m0/s1. The number of hydrogen-bond acceptors (Lipinski definition) is 4. The minimum atomic E-state index is -0.931. The number of halogens is 1. The minimum Gasteiger partial charge on any atom is -0.449 e. The van der Waals surface area contributed by atoms with Crippen molar-refractivity contribution in [2.45, 2.75) is 46.3 Å². The number of carbonyl (C=O) groups excluding carboxylic acids is 2. The maximum Gasteiger partial charge on any atom is 0.340 e. The second-order valence-electron chi connectivity index (χ2n) is 6.75. The molecule has 0 saturated heterocycles. The van der Waals surface area contributed by atoms with Gasteiger partial charge in [0.05, 0.1) is 16.8 Å². The molecule has 1 aromatic carbocycles. The number of carbonyl (C=O) groups is 2. The lowest BCUT2D eigenvalue weighted by molar-refractivity contribution is -0.130. The van der Waals surface area contributed by atoms with Crippen LogP contribution < -0.4 is 5.32 Å². The average Bonchev–Trinajstić information content (AvgIpc) is 2.44. The summed E-state index contributed by atoms with van der Waals surface area (Å²) in [6.07, 6.45) is -0.931. The lowest BCUT2D eigenvalue weighted by Crippen LogP contribution is -2.46. The van der Waals surface area contributed by atoms with E-state index in [9.17, 15) is 14.0 Å². The van der Waals surface area contributed by atoms with Gasteiger partial charge in [0.15, 0.2) is 6.10 Å². The second-order valence-corrected chi connectivity index (χ2v) is 6.75. The van der Waals surface area contributed by atoms with Crippen molar-refractivity contribution in [1.29, 1.82) is 0 Å². The molecule has 24 heavy (non-hydrogen) atoms. The molecule has 0 saturated carbocycles. The lowest BCUT2D eigenvalue weighted by Gasteiger charge is -2.23. The average molecular weight is 332 g/mol. The van der Waals surface area contributed by atoms with E-state index in [0.717, 1.165) is 0 Å². The number of nitrogens with one attached hydrogen (secondary N) is 1. The summed E-state index contributed by atoms with van der Waals surface area (Å²) in [5.41, 5.74) is 0.719. The van der Waals surface area contributed by atoms with Gasteiger partial charge in [0.1, 0.15) is 5.82 Å². The highest BCUT2D eigenvalue weighted by molar-refractivity contribution is 5.96. The number of pyridine rings is 1. The van der Waals surface area contributed by atoms with E-state index in [1.807, 2.05) is 20.8 Å². The third-order valence-corrected chi connectivity index (χ3v) is 3.34. The van der Waals surface area contributed by atoms with Gasteiger partial charge in [-0.05, 0) is 52.8 Å². The predicted octanol–water partition coefficient (Wildman–Crippen LogP) is 3.14. The van der Waals surface area contributed by atoms with Gasteiger partial charge in [-0.1, -0.05) is 0 Å². The van der Waals surface area contributed by atoms with Gasteiger partial charge in [-0.3, -0.25) is 9.78 Å². The number of benzene rings is 1. The molecule has 0 aliphatic carbocycles. The van der Waals surface area contributed by atoms with Gasteiger partial charge in [-0.25, -0.2) is 9.18 Å². The maximum atomic E-state index is 13.2. The molecule has 0 fully saturated rings. The lowest BCUT2D eigenvalue weighted by atomic mass is 10.1. The van der Waals surface area contributed by atoms with Gasteiger partial charge in [0, 0.05) is 17.0 Å². The number of hydrogen-bond donors (Lipinski definition) is 1. The van der Waals surface area contributed by atoms with Crippen LogP contribution in [0.15, 0.2) is 24.3 Å². The number of nitrogens with zero attached hydrogens (tertiary/aromatic N) is 1. The van der Waals surface area contributed by atoms with E-state index in [-0.39, 0.29) is 11.5 Å². The summed E-state index contributed by atoms with van der Waals surface area (Å²) in [4.78, 5) is 28.6. The molecular formula is C18H21FN2O3. The number of ether oxygens (including phenoxy) is 1. The third-order valence-electron chi connectivity index (χ3n) is 3.34. The van der Waals surface area contributed by atoms with E-state index in [1.54, 1.807) is 19.1 Å². The van der Waals surface area contributed by atoms with Crippen molar-refractivity contribution in [2.75, 3.05) is 0 Å². The molecule has 6 heteroatoms. The predicted molar refractivity (Wildman–Crippen MR) is 89.2 cm³/mol. The molecule has 128 valence electrons. The van der Waals surface area contributed by atoms with Gasteiger partial charge in [-0.15, -0.1) is 0 Å². The molecule has 0 bridgehead atoms. The van der Waals surface area contributed by atoms with Crippen molar-refractivity contribution in [2.24, 2.45) is 0 Å². The molecule has 1 N–H and O–H groups in total. The van der Waals surface area contributed by atoms with Crippen molar-refractivity contribution >= 4 is 22.8 Å². The van der Waals surface area contributed by atoms with Crippen LogP contribution in [0.5, 0.6) is 0 Å². The number of aromatic nitrogens is 1. The van der Waals surface area contributed by atoms with E-state index < -0.39 is 23.4 Å². The van der Waals surface area contributed by atoms with Crippen LogP contribution in [0.2, 0.25) is 0 Å². The van der Waals surface area contributed by atoms with E-state index >= 15 is 0 Å². The van der Waals surface area contributed by atoms with Crippen molar-refractivity contribution in [3.63, 3.8) is 0 Å². The molecule has 2 rings (SSSR count). The Morgan fingerprint density at radius 1 is 1.25 bits per heavy atom. The van der Waals surface area contributed by atoms with Crippen molar-refractivity contribution in [3.8, 4) is 0 Å². The van der Waals surface area contributed by atoms with Crippen LogP contribution in [-0.2, 0) is 9.53 Å². The zero-order valence-electron chi connectivity index (χ0n) is 14.4. The fraction of sp³-hybridized carbons (Fsp3) is 0.389. The topological polar surface area (TPSA) is 68.3 Å². The molecule has 2 aromatic rings. The van der Waals surface area contributed by atoms with Gasteiger partial charge >= 0.3 is 5.97 Å². The number of rotatable bonds is 3. The third kappa shape index (κ3) is 4.28. The van der Waals surface area contributed by atoms with Crippen LogP contribution in [0.3, 0.4) is 0 Å². The van der Waals surface area contributed by atoms with Crippen molar-refractivity contribution in [3.05, 3.63) is 41.3 Å². The van der Waals surface area contributed by atoms with Crippen LogP contribution in [-0.4, -0.2) is 28.5 Å². The summed E-state index contributed by atoms with van der Waals surface area (Å²) in [7, 11) is 0. The van der Waals surface area contributed by atoms with Crippen LogP contribution in [0.25, 0.3) is 10.9 Å². The van der Waals surface area contributed by atoms with Crippen molar-refractivity contribution < 1.29 is 18.7 Å². The Balaban J connectivity index is 2.20. The van der Waals surface area contributed by atoms with E-state index in [0.29, 0.717) is 16.6 Å². The molecule has 0 aliphatic heterocycles. The molecule has 1 atom stereocenters. The Kier molecular flexibility index (Phi) is 4.87. The smallest absolute Gasteiger partial charge is 0.340 e. The monoisotopic (exact) mass is 332 g/mol. The second kappa shape index (κ2) is 6.55. The molecule has 1 aromatic heterocycles. The van der Waals surface area contributed by atoms with Crippen LogP contribution >= 0.6 is 0 Å². The Morgan fingerprint density at radius 3 is 2.54 bits per heavy atom. The summed E-state index contributed by atoms with van der Waals surface area (Å²) >= 11 is 0. The zero-order chi connectivity index (χ0) is 18.1. The van der Waals surface area contributed by atoms with Crippen LogP contribution in [0.4, 0.5) is 4.39 Å². The highest BCUT2D eigenvalue weighted by atomic mass is 19.1. The maximum absolute atomic E-state index is 13.2. The number of aryl methyl sites for hydroxylation is 1. The Morgan fingerprint density at radius 2 is 1.92 bits per heavy atom. The fourth-order valence-corrected chi connectivity index (χ4v) is 2.19. The molecular weight excluding hydrogens is 311 g/mol. The van der Waals surface area contributed by atoms with Crippen LogP contribution in [0.1, 0.15) is 43.7 Å². The SMILES string of the molecule is Cc1nc2cc(F)ccc2cc1C(=O)O[C@@H](C)C(=O)NC(C)(C)C. The highest BCUT2D eigenvalue weighted by Crippen LogP contribution is 2.19. The van der Waals surface area contributed by atoms with Gasteiger partial charge in [0.25, 0.3) is 5.91 Å². The molecule has 0 unspecified atom stereocenters. The summed E-state index contributed by atoms with van der Waals surface area (Å²) in [5.74, 6) is -1.40. The quantitative estimate of drug-likeness (QED) is 0.877. The normalized spacial score (nSPS) is 12.8. The fourth-order valence-electron chi connectivity index (χ4n) is 2.19. The summed E-state index contributed by atoms with van der Waals surface area (Å²) in [6, 6.07) is 5.74. The highest BCUT2D eigenvalue weighted by Gasteiger charge is 2.24. The zero-order valence-corrected chi connectivity index (χ0v) is 14.4. The van der Waals surface area contributed by atoms with Crippen molar-refractivity contribution in [1.82, 2.24) is 10.3 Å².